The van der Waals surface area contributed by atoms with E-state index < -0.39 is 0 Å². The van der Waals surface area contributed by atoms with E-state index in [4.69, 9.17) is 4.42 Å². The predicted octanol–water partition coefficient (Wildman–Crippen LogP) is 1.17. The van der Waals surface area contributed by atoms with Gasteiger partial charge in [0, 0.05) is 46.5 Å². The van der Waals surface area contributed by atoms with Crippen LogP contribution < -0.4 is 5.32 Å². The molecular formula is C14H20N4O2. The lowest BCUT2D eigenvalue weighted by atomic mass is 10.2. The second-order valence-electron chi connectivity index (χ2n) is 4.84. The van der Waals surface area contributed by atoms with Crippen molar-refractivity contribution in [1.29, 1.82) is 0 Å². The van der Waals surface area contributed by atoms with Gasteiger partial charge in [-0.2, -0.15) is 0 Å². The highest BCUT2D eigenvalue weighted by molar-refractivity contribution is 5.75. The lowest BCUT2D eigenvalue weighted by Gasteiger charge is -2.17. The van der Waals surface area contributed by atoms with Crippen molar-refractivity contribution in [2.45, 2.75) is 12.5 Å². The van der Waals surface area contributed by atoms with Crippen LogP contribution in [0.3, 0.4) is 0 Å². The topological polar surface area (TPSA) is 63.3 Å². The number of nitrogens with one attached hydrogen (secondary N) is 1. The maximum atomic E-state index is 11.6. The summed E-state index contributed by atoms with van der Waals surface area (Å²) in [6.45, 7) is 0.565. The van der Waals surface area contributed by atoms with Crippen molar-refractivity contribution < 1.29 is 9.21 Å². The Hall–Kier alpha value is -2.08. The Balaban J connectivity index is 2.05. The number of carbonyl (C=O) groups is 1. The van der Waals surface area contributed by atoms with Crippen molar-refractivity contribution in [3.05, 3.63) is 42.4 Å². The summed E-state index contributed by atoms with van der Waals surface area (Å²) in [5, 5.41) is 3.33. The maximum Gasteiger partial charge on any atom is 0.223 e. The quantitative estimate of drug-likeness (QED) is 0.860. The van der Waals surface area contributed by atoms with Crippen LogP contribution in [0, 0.1) is 0 Å². The normalized spacial score (nSPS) is 12.3. The summed E-state index contributed by atoms with van der Waals surface area (Å²) in [5.74, 6) is 1.74. The zero-order chi connectivity index (χ0) is 14.5. The van der Waals surface area contributed by atoms with Crippen LogP contribution in [0.1, 0.15) is 24.0 Å². The smallest absolute Gasteiger partial charge is 0.223 e. The molecule has 6 heteroatoms. The van der Waals surface area contributed by atoms with Crippen molar-refractivity contribution >= 4 is 5.91 Å². The van der Waals surface area contributed by atoms with Gasteiger partial charge in [0.05, 0.1) is 6.26 Å². The van der Waals surface area contributed by atoms with Gasteiger partial charge in [-0.15, -0.1) is 0 Å². The molecule has 1 atom stereocenters. The average molecular weight is 276 g/mol. The summed E-state index contributed by atoms with van der Waals surface area (Å²) < 4.78 is 7.41. The first-order chi connectivity index (χ1) is 9.59. The van der Waals surface area contributed by atoms with Gasteiger partial charge in [0.25, 0.3) is 0 Å². The van der Waals surface area contributed by atoms with Gasteiger partial charge in [-0.1, -0.05) is 0 Å². The van der Waals surface area contributed by atoms with Crippen LogP contribution in [-0.4, -0.2) is 41.0 Å². The Kier molecular flexibility index (Phi) is 4.57. The average Bonchev–Trinajstić information content (AvgIpc) is 3.06. The van der Waals surface area contributed by atoms with Crippen LogP contribution in [0.15, 0.2) is 35.2 Å². The maximum absolute atomic E-state index is 11.6. The van der Waals surface area contributed by atoms with Gasteiger partial charge in [0.2, 0.25) is 5.91 Å². The van der Waals surface area contributed by atoms with Gasteiger partial charge in [0.1, 0.15) is 17.6 Å². The van der Waals surface area contributed by atoms with Gasteiger partial charge < -0.3 is 19.2 Å². The number of hydrogen-bond acceptors (Lipinski definition) is 4. The minimum absolute atomic E-state index is 0.0931. The summed E-state index contributed by atoms with van der Waals surface area (Å²) in [6.07, 6.45) is 5.71. The number of aromatic nitrogens is 2. The zero-order valence-corrected chi connectivity index (χ0v) is 12.0. The molecule has 2 rings (SSSR count). The lowest BCUT2D eigenvalue weighted by Crippen LogP contribution is -2.30. The summed E-state index contributed by atoms with van der Waals surface area (Å²) >= 11 is 0. The Labute approximate surface area is 118 Å². The largest absolute Gasteiger partial charge is 0.467 e. The van der Waals surface area contributed by atoms with E-state index in [-0.39, 0.29) is 11.9 Å². The molecule has 0 aliphatic carbocycles. The van der Waals surface area contributed by atoms with Crippen LogP contribution in [0.2, 0.25) is 0 Å². The molecule has 20 heavy (non-hydrogen) atoms. The molecule has 0 aliphatic heterocycles. The molecule has 0 bridgehead atoms. The summed E-state index contributed by atoms with van der Waals surface area (Å²) in [4.78, 5) is 17.5. The van der Waals surface area contributed by atoms with Crippen LogP contribution in [-0.2, 0) is 11.8 Å². The van der Waals surface area contributed by atoms with Crippen LogP contribution in [0.4, 0.5) is 0 Å². The second-order valence-corrected chi connectivity index (χ2v) is 4.84. The molecule has 0 fully saturated rings. The molecule has 0 spiro atoms. The molecule has 0 aromatic carbocycles. The molecule has 108 valence electrons. The van der Waals surface area contributed by atoms with Crippen LogP contribution >= 0.6 is 0 Å². The molecule has 2 heterocycles. The predicted molar refractivity (Wildman–Crippen MR) is 75.1 cm³/mol. The third kappa shape index (κ3) is 3.27. The van der Waals surface area contributed by atoms with E-state index in [1.807, 2.05) is 29.9 Å². The molecule has 2 aromatic heterocycles. The Bertz CT molecular complexity index is 545. The third-order valence-electron chi connectivity index (χ3n) is 3.13. The molecule has 2 aromatic rings. The van der Waals surface area contributed by atoms with Crippen molar-refractivity contribution in [3.63, 3.8) is 0 Å². The van der Waals surface area contributed by atoms with E-state index in [1.165, 1.54) is 0 Å². The number of furan rings is 1. The van der Waals surface area contributed by atoms with E-state index in [9.17, 15) is 4.79 Å². The SMILES string of the molecule is CN(C)C(=O)CCNC(c1ccco1)c1nccn1C. The van der Waals surface area contributed by atoms with Gasteiger partial charge >= 0.3 is 0 Å². The van der Waals surface area contributed by atoms with Gasteiger partial charge in [-0.25, -0.2) is 4.98 Å². The summed E-state index contributed by atoms with van der Waals surface area (Å²) in [5.41, 5.74) is 0. The number of amides is 1. The fourth-order valence-corrected chi connectivity index (χ4v) is 1.98. The van der Waals surface area contributed by atoms with E-state index in [2.05, 4.69) is 10.3 Å². The van der Waals surface area contributed by atoms with Crippen molar-refractivity contribution in [2.24, 2.45) is 7.05 Å². The minimum Gasteiger partial charge on any atom is -0.467 e. The first-order valence-electron chi connectivity index (χ1n) is 6.53. The van der Waals surface area contributed by atoms with E-state index in [0.29, 0.717) is 13.0 Å². The number of aryl methyl sites for hydroxylation is 1. The van der Waals surface area contributed by atoms with E-state index >= 15 is 0 Å². The lowest BCUT2D eigenvalue weighted by molar-refractivity contribution is -0.128. The zero-order valence-electron chi connectivity index (χ0n) is 12.0. The monoisotopic (exact) mass is 276 g/mol. The molecule has 0 saturated carbocycles. The van der Waals surface area contributed by atoms with E-state index in [1.54, 1.807) is 31.5 Å². The molecule has 1 amide bonds. The fraction of sp³-hybridized carbons (Fsp3) is 0.429. The first kappa shape index (κ1) is 14.3. The Morgan fingerprint density at radius 1 is 1.55 bits per heavy atom. The van der Waals surface area contributed by atoms with Crippen molar-refractivity contribution in [2.75, 3.05) is 20.6 Å². The number of rotatable bonds is 6. The van der Waals surface area contributed by atoms with Gasteiger partial charge in [0.15, 0.2) is 0 Å². The van der Waals surface area contributed by atoms with Gasteiger partial charge in [-0.05, 0) is 12.1 Å². The first-order valence-corrected chi connectivity index (χ1v) is 6.53. The molecule has 0 radical (unpaired) electrons. The number of carbonyl (C=O) groups excluding carboxylic acids is 1. The highest BCUT2D eigenvalue weighted by Crippen LogP contribution is 2.20. The standard InChI is InChI=1S/C14H20N4O2/c1-17(2)12(19)6-7-15-13(11-5-4-10-20-11)14-16-8-9-18(14)3/h4-5,8-10,13,15H,6-7H2,1-3H3. The van der Waals surface area contributed by atoms with Crippen molar-refractivity contribution in [1.82, 2.24) is 19.8 Å². The minimum atomic E-state index is -0.153. The van der Waals surface area contributed by atoms with Crippen LogP contribution in [0.25, 0.3) is 0 Å². The number of imidazole rings is 1. The fourth-order valence-electron chi connectivity index (χ4n) is 1.98. The highest BCUT2D eigenvalue weighted by atomic mass is 16.3. The Morgan fingerprint density at radius 3 is 2.90 bits per heavy atom. The van der Waals surface area contributed by atoms with Crippen molar-refractivity contribution in [3.8, 4) is 0 Å². The Morgan fingerprint density at radius 2 is 2.35 bits per heavy atom. The molecule has 0 aliphatic rings. The third-order valence-corrected chi connectivity index (χ3v) is 3.13. The molecular weight excluding hydrogens is 256 g/mol. The second kappa shape index (κ2) is 6.38. The molecule has 1 unspecified atom stereocenters. The molecule has 6 nitrogen and oxygen atoms in total. The van der Waals surface area contributed by atoms with Crippen LogP contribution in [0.5, 0.6) is 0 Å². The summed E-state index contributed by atoms with van der Waals surface area (Å²) in [7, 11) is 5.45. The number of hydrogen-bond donors (Lipinski definition) is 1. The highest BCUT2D eigenvalue weighted by Gasteiger charge is 2.20. The number of nitrogens with zero attached hydrogens (tertiary/aromatic N) is 3. The van der Waals surface area contributed by atoms with Gasteiger partial charge in [-0.3, -0.25) is 4.79 Å². The molecule has 1 N–H and O–H groups in total. The molecule has 0 saturated heterocycles. The van der Waals surface area contributed by atoms with E-state index in [0.717, 1.165) is 11.6 Å². The summed E-state index contributed by atoms with van der Waals surface area (Å²) in [6, 6.07) is 3.60.